The van der Waals surface area contributed by atoms with Crippen molar-refractivity contribution in [2.45, 2.75) is 44.7 Å². The van der Waals surface area contributed by atoms with Gasteiger partial charge in [0.2, 0.25) is 0 Å². The van der Waals surface area contributed by atoms with Gasteiger partial charge in [0.05, 0.1) is 5.56 Å². The van der Waals surface area contributed by atoms with Crippen LogP contribution in [-0.2, 0) is 6.18 Å². The van der Waals surface area contributed by atoms with Gasteiger partial charge in [0.1, 0.15) is 5.82 Å². The third-order valence-corrected chi connectivity index (χ3v) is 4.46. The highest BCUT2D eigenvalue weighted by Crippen LogP contribution is 2.32. The molecule has 0 spiro atoms. The summed E-state index contributed by atoms with van der Waals surface area (Å²) in [7, 11) is 1.57. The van der Waals surface area contributed by atoms with Crippen molar-refractivity contribution in [3.8, 4) is 0 Å². The van der Waals surface area contributed by atoms with E-state index in [-0.39, 0.29) is 5.56 Å². The Labute approximate surface area is 133 Å². The number of benzene rings is 1. The Balaban J connectivity index is 2.01. The summed E-state index contributed by atoms with van der Waals surface area (Å²) in [6, 6.07) is 2.39. The summed E-state index contributed by atoms with van der Waals surface area (Å²) in [5.41, 5.74) is -1.53. The molecule has 0 aliphatic heterocycles. The van der Waals surface area contributed by atoms with Crippen molar-refractivity contribution < 1.29 is 22.4 Å². The Morgan fingerprint density at radius 1 is 1.22 bits per heavy atom. The monoisotopic (exact) mass is 331 g/mol. The van der Waals surface area contributed by atoms with Gasteiger partial charge in [-0.05, 0) is 30.5 Å². The predicted octanol–water partition coefficient (Wildman–Crippen LogP) is 4.89. The zero-order valence-electron chi connectivity index (χ0n) is 13.1. The molecule has 1 aromatic carbocycles. The molecule has 0 radical (unpaired) electrons. The standard InChI is InChI=1S/C17H21F4NO/c1-22(10-9-12-5-3-2-4-6-12)16(23)13-7-8-15(18)14(11-13)17(19,20)21/h7-8,11-12H,2-6,9-10H2,1H3. The van der Waals surface area contributed by atoms with Gasteiger partial charge in [-0.1, -0.05) is 32.1 Å². The molecule has 128 valence electrons. The highest BCUT2D eigenvalue weighted by molar-refractivity contribution is 5.94. The van der Waals surface area contributed by atoms with E-state index in [1.54, 1.807) is 7.05 Å². The van der Waals surface area contributed by atoms with Crippen molar-refractivity contribution in [3.63, 3.8) is 0 Å². The minimum atomic E-state index is -4.80. The number of carbonyl (C=O) groups excluding carboxylic acids is 1. The van der Waals surface area contributed by atoms with Crippen LogP contribution in [0.3, 0.4) is 0 Å². The quantitative estimate of drug-likeness (QED) is 0.720. The van der Waals surface area contributed by atoms with Gasteiger partial charge < -0.3 is 4.90 Å². The second-order valence-electron chi connectivity index (χ2n) is 6.21. The van der Waals surface area contributed by atoms with E-state index in [2.05, 4.69) is 0 Å². The zero-order valence-corrected chi connectivity index (χ0v) is 13.1. The van der Waals surface area contributed by atoms with Crippen molar-refractivity contribution in [2.75, 3.05) is 13.6 Å². The summed E-state index contributed by atoms with van der Waals surface area (Å²) >= 11 is 0. The van der Waals surface area contributed by atoms with E-state index in [0.29, 0.717) is 24.6 Å². The van der Waals surface area contributed by atoms with Gasteiger partial charge in [0, 0.05) is 19.2 Å². The third-order valence-electron chi connectivity index (χ3n) is 4.46. The van der Waals surface area contributed by atoms with E-state index < -0.39 is 23.5 Å². The Morgan fingerprint density at radius 2 is 1.87 bits per heavy atom. The number of nitrogens with zero attached hydrogens (tertiary/aromatic N) is 1. The first kappa shape index (κ1) is 17.8. The lowest BCUT2D eigenvalue weighted by atomic mass is 9.87. The normalized spacial score (nSPS) is 16.4. The van der Waals surface area contributed by atoms with E-state index in [1.165, 1.54) is 24.2 Å². The lowest BCUT2D eigenvalue weighted by Crippen LogP contribution is -2.29. The van der Waals surface area contributed by atoms with Crippen molar-refractivity contribution in [2.24, 2.45) is 5.92 Å². The van der Waals surface area contributed by atoms with Crippen molar-refractivity contribution in [1.82, 2.24) is 4.90 Å². The van der Waals surface area contributed by atoms with Crippen LogP contribution in [-0.4, -0.2) is 24.4 Å². The molecule has 2 nitrogen and oxygen atoms in total. The smallest absolute Gasteiger partial charge is 0.342 e. The first-order valence-electron chi connectivity index (χ1n) is 7.91. The van der Waals surface area contributed by atoms with Gasteiger partial charge in [-0.2, -0.15) is 13.2 Å². The number of hydrogen-bond donors (Lipinski definition) is 0. The second-order valence-corrected chi connectivity index (χ2v) is 6.21. The first-order valence-corrected chi connectivity index (χ1v) is 7.91. The fourth-order valence-electron chi connectivity index (χ4n) is 3.05. The minimum Gasteiger partial charge on any atom is -0.342 e. The van der Waals surface area contributed by atoms with Crippen molar-refractivity contribution >= 4 is 5.91 Å². The summed E-state index contributed by atoms with van der Waals surface area (Å²) in [6.45, 7) is 0.502. The molecule has 1 fully saturated rings. The van der Waals surface area contributed by atoms with Gasteiger partial charge >= 0.3 is 6.18 Å². The molecule has 0 unspecified atom stereocenters. The summed E-state index contributed by atoms with van der Waals surface area (Å²) in [5.74, 6) is -1.29. The minimum absolute atomic E-state index is 0.134. The number of rotatable bonds is 4. The molecule has 1 amide bonds. The number of amides is 1. The molecular formula is C17H21F4NO. The molecule has 0 bridgehead atoms. The average molecular weight is 331 g/mol. The number of hydrogen-bond acceptors (Lipinski definition) is 1. The van der Waals surface area contributed by atoms with Crippen LogP contribution in [0.15, 0.2) is 18.2 Å². The van der Waals surface area contributed by atoms with Crippen LogP contribution in [0.25, 0.3) is 0 Å². The highest BCUT2D eigenvalue weighted by atomic mass is 19.4. The molecular weight excluding hydrogens is 310 g/mol. The molecule has 0 atom stereocenters. The molecule has 1 saturated carbocycles. The molecule has 0 N–H and O–H groups in total. The predicted molar refractivity (Wildman–Crippen MR) is 79.6 cm³/mol. The molecule has 1 aliphatic rings. The Bertz CT molecular complexity index is 550. The van der Waals surface area contributed by atoms with Crippen LogP contribution in [0.4, 0.5) is 17.6 Å². The van der Waals surface area contributed by atoms with Crippen LogP contribution >= 0.6 is 0 Å². The summed E-state index contributed by atoms with van der Waals surface area (Å²) < 4.78 is 51.4. The molecule has 6 heteroatoms. The molecule has 1 aromatic rings. The van der Waals surface area contributed by atoms with Crippen molar-refractivity contribution in [1.29, 1.82) is 0 Å². The lowest BCUT2D eigenvalue weighted by molar-refractivity contribution is -0.140. The van der Waals surface area contributed by atoms with Gasteiger partial charge in [-0.15, -0.1) is 0 Å². The topological polar surface area (TPSA) is 20.3 Å². The zero-order chi connectivity index (χ0) is 17.0. The van der Waals surface area contributed by atoms with E-state index in [0.717, 1.165) is 25.3 Å². The van der Waals surface area contributed by atoms with Gasteiger partial charge in [-0.25, -0.2) is 4.39 Å². The molecule has 0 aromatic heterocycles. The highest BCUT2D eigenvalue weighted by Gasteiger charge is 2.34. The maximum atomic E-state index is 13.3. The lowest BCUT2D eigenvalue weighted by Gasteiger charge is -2.25. The molecule has 0 saturated heterocycles. The molecule has 23 heavy (non-hydrogen) atoms. The maximum Gasteiger partial charge on any atom is 0.419 e. The molecule has 0 heterocycles. The SMILES string of the molecule is CN(CCC1CCCCC1)C(=O)c1ccc(F)c(C(F)(F)F)c1. The largest absolute Gasteiger partial charge is 0.419 e. The summed E-state index contributed by atoms with van der Waals surface area (Å²) in [5, 5.41) is 0. The van der Waals surface area contributed by atoms with Crippen molar-refractivity contribution in [3.05, 3.63) is 35.1 Å². The van der Waals surface area contributed by atoms with Gasteiger partial charge in [0.25, 0.3) is 5.91 Å². The van der Waals surface area contributed by atoms with Crippen LogP contribution < -0.4 is 0 Å². The fraction of sp³-hybridized carbons (Fsp3) is 0.588. The Kier molecular flexibility index (Phi) is 5.65. The van der Waals surface area contributed by atoms with Crippen LogP contribution in [0, 0.1) is 11.7 Å². The van der Waals surface area contributed by atoms with Crippen LogP contribution in [0.5, 0.6) is 0 Å². The summed E-state index contributed by atoms with van der Waals surface area (Å²) in [4.78, 5) is 13.7. The number of carbonyl (C=O) groups is 1. The Hall–Kier alpha value is -1.59. The van der Waals surface area contributed by atoms with Gasteiger partial charge in [-0.3, -0.25) is 4.79 Å². The fourth-order valence-corrected chi connectivity index (χ4v) is 3.05. The van der Waals surface area contributed by atoms with E-state index >= 15 is 0 Å². The van der Waals surface area contributed by atoms with E-state index in [9.17, 15) is 22.4 Å². The van der Waals surface area contributed by atoms with Crippen LogP contribution in [0.2, 0.25) is 0 Å². The molecule has 1 aliphatic carbocycles. The van der Waals surface area contributed by atoms with Gasteiger partial charge in [0.15, 0.2) is 0 Å². The maximum absolute atomic E-state index is 13.3. The third kappa shape index (κ3) is 4.69. The first-order chi connectivity index (χ1) is 10.8. The van der Waals surface area contributed by atoms with Crippen LogP contribution in [0.1, 0.15) is 54.4 Å². The number of alkyl halides is 3. The second kappa shape index (κ2) is 7.32. The van der Waals surface area contributed by atoms with E-state index in [4.69, 9.17) is 0 Å². The van der Waals surface area contributed by atoms with E-state index in [1.807, 2.05) is 0 Å². The average Bonchev–Trinajstić information content (AvgIpc) is 2.52. The Morgan fingerprint density at radius 3 is 2.48 bits per heavy atom. The summed E-state index contributed by atoms with van der Waals surface area (Å²) in [6.07, 6.45) is 2.01. The number of halogens is 4. The molecule has 2 rings (SSSR count).